The smallest absolute Gasteiger partial charge is 0.410 e. The average molecular weight is 591 g/mol. The van der Waals surface area contributed by atoms with E-state index in [0.717, 1.165) is 27.8 Å². The van der Waals surface area contributed by atoms with Crippen molar-refractivity contribution >= 4 is 23.9 Å². The fourth-order valence-corrected chi connectivity index (χ4v) is 5.47. The van der Waals surface area contributed by atoms with E-state index >= 15 is 0 Å². The van der Waals surface area contributed by atoms with Crippen molar-refractivity contribution < 1.29 is 33.5 Å². The van der Waals surface area contributed by atoms with Gasteiger partial charge < -0.3 is 14.3 Å². The molecule has 1 saturated heterocycles. The first-order valence-corrected chi connectivity index (χ1v) is 14.4. The molecule has 0 bridgehead atoms. The van der Waals surface area contributed by atoms with Gasteiger partial charge in [0.15, 0.2) is 0 Å². The number of hydrogen-bond donors (Lipinski definition) is 0. The molecule has 0 atom stereocenters. The molecule has 4 aromatic carbocycles. The van der Waals surface area contributed by atoms with Crippen LogP contribution >= 0.6 is 0 Å². The Bertz CT molecular complexity index is 1630. The van der Waals surface area contributed by atoms with E-state index in [9.17, 15) is 19.2 Å². The summed E-state index contributed by atoms with van der Waals surface area (Å²) >= 11 is 0. The number of nitrogens with zero attached hydrogens (tertiary/aromatic N) is 2. The monoisotopic (exact) mass is 590 g/mol. The van der Waals surface area contributed by atoms with Crippen LogP contribution in [0.5, 0.6) is 5.75 Å². The van der Waals surface area contributed by atoms with Crippen LogP contribution in [0.15, 0.2) is 103 Å². The molecule has 1 aliphatic heterocycles. The first kappa shape index (κ1) is 28.7. The summed E-state index contributed by atoms with van der Waals surface area (Å²) in [6.07, 6.45) is -0.783. The molecular weight excluding hydrogens is 560 g/mol. The predicted molar refractivity (Wildman–Crippen MR) is 160 cm³/mol. The zero-order valence-corrected chi connectivity index (χ0v) is 23.9. The van der Waals surface area contributed by atoms with E-state index in [1.165, 1.54) is 4.90 Å². The number of benzene rings is 4. The van der Waals surface area contributed by atoms with Gasteiger partial charge in [-0.3, -0.25) is 14.5 Å². The van der Waals surface area contributed by atoms with E-state index in [4.69, 9.17) is 14.3 Å². The van der Waals surface area contributed by atoms with E-state index in [1.807, 2.05) is 78.9 Å². The van der Waals surface area contributed by atoms with E-state index in [1.54, 1.807) is 24.3 Å². The molecule has 9 nitrogen and oxygen atoms in total. The Balaban J connectivity index is 1.15. The van der Waals surface area contributed by atoms with Gasteiger partial charge in [-0.25, -0.2) is 9.59 Å². The van der Waals surface area contributed by atoms with E-state index in [-0.39, 0.29) is 31.9 Å². The molecular formula is C35H30N2O7. The van der Waals surface area contributed by atoms with Crippen LogP contribution in [0.2, 0.25) is 0 Å². The van der Waals surface area contributed by atoms with Crippen molar-refractivity contribution in [3.8, 4) is 16.9 Å². The van der Waals surface area contributed by atoms with Crippen molar-refractivity contribution in [2.24, 2.45) is 0 Å². The molecule has 0 saturated carbocycles. The van der Waals surface area contributed by atoms with Gasteiger partial charge >= 0.3 is 12.1 Å². The molecule has 1 aliphatic carbocycles. The Morgan fingerprint density at radius 1 is 0.727 bits per heavy atom. The highest BCUT2D eigenvalue weighted by molar-refractivity contribution is 6.01. The first-order chi connectivity index (χ1) is 21.5. The minimum Gasteiger partial charge on any atom is -0.489 e. The molecule has 0 radical (unpaired) electrons. The second-order valence-corrected chi connectivity index (χ2v) is 10.6. The van der Waals surface area contributed by atoms with Gasteiger partial charge in [0, 0.05) is 25.3 Å². The first-order valence-electron chi connectivity index (χ1n) is 14.4. The van der Waals surface area contributed by atoms with Gasteiger partial charge in [-0.2, -0.15) is 0 Å². The molecule has 6 rings (SSSR count). The second-order valence-electron chi connectivity index (χ2n) is 10.6. The van der Waals surface area contributed by atoms with Gasteiger partial charge in [-0.1, -0.05) is 91.0 Å². The summed E-state index contributed by atoms with van der Waals surface area (Å²) in [5.41, 5.74) is 6.06. The van der Waals surface area contributed by atoms with Crippen molar-refractivity contribution in [2.75, 3.05) is 13.2 Å². The summed E-state index contributed by atoms with van der Waals surface area (Å²) in [6, 6.07) is 32.9. The molecule has 44 heavy (non-hydrogen) atoms. The fourth-order valence-electron chi connectivity index (χ4n) is 5.47. The Labute approximate surface area is 254 Å². The van der Waals surface area contributed by atoms with Crippen molar-refractivity contribution in [3.05, 3.63) is 125 Å². The van der Waals surface area contributed by atoms with Crippen LogP contribution in [-0.4, -0.2) is 47.0 Å². The maximum absolute atomic E-state index is 13.5. The van der Waals surface area contributed by atoms with Gasteiger partial charge in [-0.15, -0.1) is 5.06 Å². The number of amides is 3. The Hall–Kier alpha value is -5.44. The van der Waals surface area contributed by atoms with Gasteiger partial charge in [-0.05, 0) is 45.5 Å². The van der Waals surface area contributed by atoms with Gasteiger partial charge in [0.25, 0.3) is 11.8 Å². The van der Waals surface area contributed by atoms with Crippen molar-refractivity contribution in [3.63, 3.8) is 0 Å². The fraction of sp³-hybridized carbons (Fsp3) is 0.200. The number of fused-ring (bicyclic) bond motifs is 3. The Morgan fingerprint density at radius 2 is 1.32 bits per heavy atom. The number of hydrogen-bond acceptors (Lipinski definition) is 7. The van der Waals surface area contributed by atoms with Crippen LogP contribution < -0.4 is 4.74 Å². The van der Waals surface area contributed by atoms with E-state index < -0.39 is 30.4 Å². The molecule has 0 aromatic heterocycles. The van der Waals surface area contributed by atoms with Crippen molar-refractivity contribution in [1.82, 2.24) is 9.96 Å². The summed E-state index contributed by atoms with van der Waals surface area (Å²) in [6.45, 7) is -0.0355. The van der Waals surface area contributed by atoms with Crippen LogP contribution in [0, 0.1) is 0 Å². The average Bonchev–Trinajstić information content (AvgIpc) is 3.55. The van der Waals surface area contributed by atoms with Crippen molar-refractivity contribution in [2.45, 2.75) is 31.9 Å². The molecule has 2 aliphatic rings. The predicted octanol–water partition coefficient (Wildman–Crippen LogP) is 5.62. The Kier molecular flexibility index (Phi) is 8.36. The maximum atomic E-state index is 13.5. The normalized spacial score (nSPS) is 13.8. The third-order valence-electron chi connectivity index (χ3n) is 7.66. The lowest BCUT2D eigenvalue weighted by Gasteiger charge is -2.23. The molecule has 0 N–H and O–H groups in total. The molecule has 3 amide bonds. The topological polar surface area (TPSA) is 102 Å². The quantitative estimate of drug-likeness (QED) is 0.221. The standard InChI is InChI=1S/C35H30N2O7/c38-32-18-19-33(39)37(32)44-34(40)21-36(20-24-14-16-26(17-15-24)42-22-25-8-2-1-3-9-25)35(41)43-23-31-29-12-6-4-10-27(29)28-11-5-7-13-30(28)31/h1-17,31H,18-23H2. The molecule has 1 heterocycles. The lowest BCUT2D eigenvalue weighted by Crippen LogP contribution is -2.40. The van der Waals surface area contributed by atoms with Crippen LogP contribution in [0.4, 0.5) is 4.79 Å². The number of rotatable bonds is 10. The Morgan fingerprint density at radius 3 is 1.95 bits per heavy atom. The van der Waals surface area contributed by atoms with Gasteiger partial charge in [0.05, 0.1) is 0 Å². The minimum absolute atomic E-state index is 0.0205. The zero-order chi connectivity index (χ0) is 30.5. The zero-order valence-electron chi connectivity index (χ0n) is 23.9. The lowest BCUT2D eigenvalue weighted by atomic mass is 9.98. The molecule has 0 spiro atoms. The summed E-state index contributed by atoms with van der Waals surface area (Å²) in [5.74, 6) is -1.63. The van der Waals surface area contributed by atoms with Crippen LogP contribution in [-0.2, 0) is 37.1 Å². The molecule has 222 valence electrons. The highest BCUT2D eigenvalue weighted by Crippen LogP contribution is 2.44. The third kappa shape index (κ3) is 6.32. The molecule has 1 fully saturated rings. The SMILES string of the molecule is O=C(CN(Cc1ccc(OCc2ccccc2)cc1)C(=O)OCC1c2ccccc2-c2ccccc21)ON1C(=O)CCC1=O. The summed E-state index contributed by atoms with van der Waals surface area (Å²) < 4.78 is 11.7. The minimum atomic E-state index is -0.926. The van der Waals surface area contributed by atoms with Gasteiger partial charge in [0.1, 0.15) is 25.5 Å². The van der Waals surface area contributed by atoms with E-state index in [0.29, 0.717) is 23.0 Å². The number of carbonyl (C=O) groups excluding carboxylic acids is 4. The number of ether oxygens (including phenoxy) is 2. The number of hydroxylamine groups is 2. The number of imide groups is 1. The summed E-state index contributed by atoms with van der Waals surface area (Å²) in [5, 5.41) is 0.469. The number of carbonyl (C=O) groups is 4. The van der Waals surface area contributed by atoms with Crippen LogP contribution in [0.25, 0.3) is 11.1 Å². The van der Waals surface area contributed by atoms with Crippen molar-refractivity contribution in [1.29, 1.82) is 0 Å². The summed E-state index contributed by atoms with van der Waals surface area (Å²) in [7, 11) is 0. The lowest BCUT2D eigenvalue weighted by molar-refractivity contribution is -0.197. The molecule has 0 unspecified atom stereocenters. The summed E-state index contributed by atoms with van der Waals surface area (Å²) in [4.78, 5) is 56.5. The largest absolute Gasteiger partial charge is 0.489 e. The third-order valence-corrected chi connectivity index (χ3v) is 7.66. The van der Waals surface area contributed by atoms with Crippen LogP contribution in [0.3, 0.4) is 0 Å². The van der Waals surface area contributed by atoms with Gasteiger partial charge in [0.2, 0.25) is 0 Å². The highest BCUT2D eigenvalue weighted by atomic mass is 16.7. The second kappa shape index (κ2) is 12.8. The molecule has 9 heteroatoms. The highest BCUT2D eigenvalue weighted by Gasteiger charge is 2.34. The van der Waals surface area contributed by atoms with E-state index in [2.05, 4.69) is 0 Å². The van der Waals surface area contributed by atoms with Crippen LogP contribution in [0.1, 0.15) is 41.0 Å². The molecule has 4 aromatic rings. The maximum Gasteiger partial charge on any atom is 0.410 e.